The Labute approximate surface area is 138 Å². The number of piperazine rings is 1. The fraction of sp³-hybridized carbons (Fsp3) is 0.812. The summed E-state index contributed by atoms with van der Waals surface area (Å²) in [5.74, 6) is 0.490. The first kappa shape index (κ1) is 15.6. The number of rotatable bonds is 3. The second-order valence-corrected chi connectivity index (χ2v) is 9.88. The minimum atomic E-state index is -2.91. The minimum absolute atomic E-state index is 0.210. The number of aromatic nitrogens is 2. The molecule has 128 valence electrons. The molecular weight excluding hydrogens is 312 g/mol. The Balaban J connectivity index is 1.42. The maximum Gasteiger partial charge on any atom is 0.152 e. The molecule has 0 aromatic carbocycles. The number of sulfone groups is 1. The number of fused-ring (bicyclic) bond motifs is 1. The summed E-state index contributed by atoms with van der Waals surface area (Å²) in [4.78, 5) is 5.13. The van der Waals surface area contributed by atoms with Crippen molar-refractivity contribution in [1.82, 2.24) is 19.6 Å². The van der Waals surface area contributed by atoms with E-state index in [2.05, 4.69) is 21.1 Å². The van der Waals surface area contributed by atoms with Gasteiger partial charge in [-0.15, -0.1) is 0 Å². The van der Waals surface area contributed by atoms with Gasteiger partial charge in [-0.3, -0.25) is 14.5 Å². The zero-order chi connectivity index (χ0) is 16.1. The van der Waals surface area contributed by atoms with Crippen molar-refractivity contribution in [1.29, 1.82) is 0 Å². The van der Waals surface area contributed by atoms with E-state index in [0.29, 0.717) is 6.42 Å². The van der Waals surface area contributed by atoms with E-state index >= 15 is 0 Å². The molecule has 4 heterocycles. The van der Waals surface area contributed by atoms with Gasteiger partial charge in [0.15, 0.2) is 9.84 Å². The van der Waals surface area contributed by atoms with Gasteiger partial charge in [0.05, 0.1) is 23.2 Å². The first-order chi connectivity index (χ1) is 10.9. The van der Waals surface area contributed by atoms with E-state index in [1.165, 1.54) is 31.5 Å². The summed E-state index contributed by atoms with van der Waals surface area (Å²) in [6, 6.07) is 0.733. The third-order valence-electron chi connectivity index (χ3n) is 5.75. The van der Waals surface area contributed by atoms with Gasteiger partial charge in [0, 0.05) is 44.0 Å². The summed E-state index contributed by atoms with van der Waals surface area (Å²) >= 11 is 0. The van der Waals surface area contributed by atoms with Crippen LogP contribution in [0.1, 0.15) is 31.7 Å². The van der Waals surface area contributed by atoms with Gasteiger partial charge in [-0.2, -0.15) is 5.10 Å². The molecule has 2 unspecified atom stereocenters. The van der Waals surface area contributed by atoms with Crippen molar-refractivity contribution in [3.8, 4) is 0 Å². The standard InChI is InChI=1S/C16H26N4O2S/c1-16(4-8-23(21,22)13-16)20-11-14(9-17-20)10-18-6-7-19-5-2-3-15(19)12-18/h9,11,15H,2-8,10,12-13H2,1H3. The molecule has 3 aliphatic heterocycles. The highest BCUT2D eigenvalue weighted by molar-refractivity contribution is 7.91. The predicted molar refractivity (Wildman–Crippen MR) is 89.0 cm³/mol. The van der Waals surface area contributed by atoms with Crippen molar-refractivity contribution in [2.75, 3.05) is 37.7 Å². The zero-order valence-electron chi connectivity index (χ0n) is 13.8. The van der Waals surface area contributed by atoms with Crippen LogP contribution in [0.15, 0.2) is 12.4 Å². The lowest BCUT2D eigenvalue weighted by atomic mass is 10.0. The molecule has 3 saturated heterocycles. The Morgan fingerprint density at radius 1 is 1.35 bits per heavy atom. The molecule has 0 amide bonds. The molecular formula is C16H26N4O2S. The Morgan fingerprint density at radius 3 is 3.00 bits per heavy atom. The fourth-order valence-corrected chi connectivity index (χ4v) is 6.49. The summed E-state index contributed by atoms with van der Waals surface area (Å²) < 4.78 is 25.5. The molecule has 0 N–H and O–H groups in total. The van der Waals surface area contributed by atoms with Crippen molar-refractivity contribution in [3.05, 3.63) is 18.0 Å². The van der Waals surface area contributed by atoms with E-state index in [4.69, 9.17) is 0 Å². The fourth-order valence-electron chi connectivity index (χ4n) is 4.37. The molecule has 6 nitrogen and oxygen atoms in total. The highest BCUT2D eigenvalue weighted by Gasteiger charge is 2.40. The van der Waals surface area contributed by atoms with Crippen molar-refractivity contribution in [3.63, 3.8) is 0 Å². The zero-order valence-corrected chi connectivity index (χ0v) is 14.6. The van der Waals surface area contributed by atoms with Crippen LogP contribution in [0.25, 0.3) is 0 Å². The number of hydrogen-bond donors (Lipinski definition) is 0. The van der Waals surface area contributed by atoms with E-state index in [-0.39, 0.29) is 17.0 Å². The molecule has 1 aromatic heterocycles. The predicted octanol–water partition coefficient (Wildman–Crippen LogP) is 0.697. The van der Waals surface area contributed by atoms with Crippen molar-refractivity contribution < 1.29 is 8.42 Å². The van der Waals surface area contributed by atoms with Gasteiger partial charge in [0.2, 0.25) is 0 Å². The maximum absolute atomic E-state index is 11.8. The lowest BCUT2D eigenvalue weighted by Gasteiger charge is -2.37. The number of nitrogens with zero attached hydrogens (tertiary/aromatic N) is 4. The van der Waals surface area contributed by atoms with Crippen molar-refractivity contribution in [2.24, 2.45) is 0 Å². The molecule has 0 spiro atoms. The number of hydrogen-bond acceptors (Lipinski definition) is 5. The van der Waals surface area contributed by atoms with Gasteiger partial charge >= 0.3 is 0 Å². The van der Waals surface area contributed by atoms with Crippen molar-refractivity contribution >= 4 is 9.84 Å². The monoisotopic (exact) mass is 338 g/mol. The Morgan fingerprint density at radius 2 is 2.22 bits per heavy atom. The minimum Gasteiger partial charge on any atom is -0.298 e. The summed E-state index contributed by atoms with van der Waals surface area (Å²) in [6.45, 7) is 7.64. The van der Waals surface area contributed by atoms with Gasteiger partial charge in [-0.05, 0) is 32.7 Å². The first-order valence-electron chi connectivity index (χ1n) is 8.64. The van der Waals surface area contributed by atoms with E-state index < -0.39 is 9.84 Å². The third-order valence-corrected chi connectivity index (χ3v) is 7.64. The van der Waals surface area contributed by atoms with Crippen molar-refractivity contribution in [2.45, 2.75) is 44.3 Å². The summed E-state index contributed by atoms with van der Waals surface area (Å²) in [5, 5.41) is 4.48. The smallest absolute Gasteiger partial charge is 0.152 e. The Hall–Kier alpha value is -0.920. The van der Waals surface area contributed by atoms with Crippen LogP contribution in [0, 0.1) is 0 Å². The molecule has 0 radical (unpaired) electrons. The van der Waals surface area contributed by atoms with E-state index in [9.17, 15) is 8.42 Å². The van der Waals surface area contributed by atoms with Gasteiger partial charge in [0.25, 0.3) is 0 Å². The van der Waals surface area contributed by atoms with Crippen LogP contribution in [0.5, 0.6) is 0 Å². The molecule has 1 aromatic rings. The lowest BCUT2D eigenvalue weighted by molar-refractivity contribution is 0.0993. The van der Waals surface area contributed by atoms with Gasteiger partial charge in [0.1, 0.15) is 0 Å². The molecule has 0 bridgehead atoms. The van der Waals surface area contributed by atoms with E-state index in [1.54, 1.807) is 0 Å². The van der Waals surface area contributed by atoms with Gasteiger partial charge in [-0.1, -0.05) is 0 Å². The molecule has 3 aliphatic rings. The normalized spacial score (nSPS) is 34.7. The molecule has 2 atom stereocenters. The van der Waals surface area contributed by atoms with Crippen LogP contribution >= 0.6 is 0 Å². The maximum atomic E-state index is 11.8. The van der Waals surface area contributed by atoms with Crippen LogP contribution in [0.2, 0.25) is 0 Å². The average molecular weight is 338 g/mol. The quantitative estimate of drug-likeness (QED) is 0.812. The van der Waals surface area contributed by atoms with Gasteiger partial charge in [-0.25, -0.2) is 8.42 Å². The summed E-state index contributed by atoms with van der Waals surface area (Å²) in [6.07, 6.45) is 7.30. The molecule has 7 heteroatoms. The second kappa shape index (κ2) is 5.57. The topological polar surface area (TPSA) is 58.4 Å². The SMILES string of the molecule is CC1(n2cc(CN3CCN4CCCC4C3)cn2)CCS(=O)(=O)C1. The molecule has 0 aliphatic carbocycles. The molecule has 23 heavy (non-hydrogen) atoms. The van der Waals surface area contributed by atoms with Crippen LogP contribution in [-0.2, 0) is 21.9 Å². The molecule has 0 saturated carbocycles. The van der Waals surface area contributed by atoms with E-state index in [0.717, 1.165) is 25.7 Å². The molecule has 3 fully saturated rings. The highest BCUT2D eigenvalue weighted by Crippen LogP contribution is 2.30. The largest absolute Gasteiger partial charge is 0.298 e. The van der Waals surface area contributed by atoms with Crippen LogP contribution < -0.4 is 0 Å². The summed E-state index contributed by atoms with van der Waals surface area (Å²) in [5.41, 5.74) is 0.822. The summed E-state index contributed by atoms with van der Waals surface area (Å²) in [7, 11) is -2.91. The lowest BCUT2D eigenvalue weighted by Crippen LogP contribution is -2.49. The van der Waals surface area contributed by atoms with Crippen LogP contribution in [0.3, 0.4) is 0 Å². The highest BCUT2D eigenvalue weighted by atomic mass is 32.2. The third kappa shape index (κ3) is 3.06. The Bertz CT molecular complexity index is 686. The first-order valence-corrected chi connectivity index (χ1v) is 10.5. The second-order valence-electron chi connectivity index (χ2n) is 7.70. The van der Waals surface area contributed by atoms with E-state index in [1.807, 2.05) is 17.8 Å². The molecule has 4 rings (SSSR count). The average Bonchev–Trinajstić information content (AvgIpc) is 3.18. The Kier molecular flexibility index (Phi) is 3.77. The van der Waals surface area contributed by atoms with Gasteiger partial charge < -0.3 is 0 Å². The van der Waals surface area contributed by atoms with Crippen LogP contribution in [0.4, 0.5) is 0 Å². The van der Waals surface area contributed by atoms with Crippen LogP contribution in [-0.4, -0.2) is 71.7 Å².